The molecule has 0 spiro atoms. The Balaban J connectivity index is 1.29. The maximum atomic E-state index is 12.9. The molecule has 0 bridgehead atoms. The molecule has 2 N–H and O–H groups in total. The van der Waals surface area contributed by atoms with Crippen LogP contribution in [0.25, 0.3) is 5.95 Å². The lowest BCUT2D eigenvalue weighted by Crippen LogP contribution is -2.56. The van der Waals surface area contributed by atoms with E-state index in [9.17, 15) is 9.59 Å². The van der Waals surface area contributed by atoms with Gasteiger partial charge in [0.15, 0.2) is 23.6 Å². The Morgan fingerprint density at radius 3 is 2.97 bits per heavy atom. The van der Waals surface area contributed by atoms with Crippen LogP contribution in [-0.2, 0) is 16.1 Å². The number of fused-ring (bicyclic) bond motifs is 1. The van der Waals surface area contributed by atoms with Crippen LogP contribution in [0, 0.1) is 0 Å². The van der Waals surface area contributed by atoms with Gasteiger partial charge in [0.25, 0.3) is 0 Å². The summed E-state index contributed by atoms with van der Waals surface area (Å²) < 4.78 is 17.4. The van der Waals surface area contributed by atoms with Crippen LogP contribution in [0.3, 0.4) is 0 Å². The third kappa shape index (κ3) is 4.95. The molecule has 12 heteroatoms. The first kappa shape index (κ1) is 22.4. The van der Waals surface area contributed by atoms with Crippen molar-refractivity contribution in [2.45, 2.75) is 19.0 Å². The molecule has 0 unspecified atom stereocenters. The van der Waals surface area contributed by atoms with Gasteiger partial charge in [0.1, 0.15) is 0 Å². The van der Waals surface area contributed by atoms with E-state index in [0.717, 1.165) is 5.56 Å². The van der Waals surface area contributed by atoms with Gasteiger partial charge < -0.3 is 29.3 Å². The maximum absolute atomic E-state index is 12.9. The van der Waals surface area contributed by atoms with Gasteiger partial charge >= 0.3 is 12.0 Å². The van der Waals surface area contributed by atoms with E-state index in [-0.39, 0.29) is 25.2 Å². The number of aromatic nitrogens is 4. The van der Waals surface area contributed by atoms with Crippen LogP contribution in [0.1, 0.15) is 12.0 Å². The van der Waals surface area contributed by atoms with Gasteiger partial charge in [0.2, 0.25) is 12.7 Å². The number of hydrogen-bond donors (Lipinski definition) is 2. The van der Waals surface area contributed by atoms with E-state index in [1.54, 1.807) is 28.2 Å². The van der Waals surface area contributed by atoms with Crippen molar-refractivity contribution in [2.24, 2.45) is 0 Å². The molecule has 2 amide bonds. The third-order valence-corrected chi connectivity index (χ3v) is 5.96. The monoisotopic (exact) mass is 480 g/mol. The zero-order valence-corrected chi connectivity index (χ0v) is 19.2. The molecule has 2 aliphatic heterocycles. The second kappa shape index (κ2) is 9.87. The molecule has 5 rings (SSSR count). The van der Waals surface area contributed by atoms with Gasteiger partial charge in [-0.05, 0) is 17.7 Å². The number of H-pyrrole nitrogens is 1. The van der Waals surface area contributed by atoms with Crippen molar-refractivity contribution < 1.29 is 28.4 Å². The molecule has 2 aliphatic rings. The van der Waals surface area contributed by atoms with Gasteiger partial charge in [-0.1, -0.05) is 11.1 Å². The number of nitrogens with one attached hydrogen (secondary N) is 2. The van der Waals surface area contributed by atoms with Crippen LogP contribution in [-0.4, -0.2) is 71.4 Å². The molecule has 0 aliphatic carbocycles. The van der Waals surface area contributed by atoms with Crippen molar-refractivity contribution in [1.29, 1.82) is 0 Å². The number of carbonyl (C=O) groups is 2. The molecule has 1 fully saturated rings. The zero-order chi connectivity index (χ0) is 24.2. The van der Waals surface area contributed by atoms with Crippen LogP contribution < -0.4 is 24.3 Å². The Hall–Kier alpha value is -4.35. The number of anilines is 1. The molecule has 4 heterocycles. The predicted octanol–water partition coefficient (Wildman–Crippen LogP) is 0.774. The fourth-order valence-corrected chi connectivity index (χ4v) is 4.20. The molecule has 1 atom stereocenters. The normalized spacial score (nSPS) is 16.8. The summed E-state index contributed by atoms with van der Waals surface area (Å²) >= 11 is 0. The molecule has 0 radical (unpaired) electrons. The molecule has 0 saturated carbocycles. The van der Waals surface area contributed by atoms with Gasteiger partial charge in [-0.15, -0.1) is 4.98 Å². The Labute approximate surface area is 201 Å². The summed E-state index contributed by atoms with van der Waals surface area (Å²) in [5.74, 6) is 2.41. The van der Waals surface area contributed by atoms with Crippen LogP contribution >= 0.6 is 0 Å². The largest absolute Gasteiger partial charge is 0.454 e. The van der Waals surface area contributed by atoms with Crippen molar-refractivity contribution in [1.82, 2.24) is 25.2 Å². The van der Waals surface area contributed by atoms with Gasteiger partial charge in [-0.2, -0.15) is 4.57 Å². The number of methoxy groups -OCH3 is 1. The molecule has 2 aromatic heterocycles. The smallest absolute Gasteiger partial charge is 0.409 e. The van der Waals surface area contributed by atoms with E-state index in [4.69, 9.17) is 14.2 Å². The summed E-state index contributed by atoms with van der Waals surface area (Å²) in [5, 5.41) is 2.96. The molecule has 1 saturated heterocycles. The van der Waals surface area contributed by atoms with Crippen LogP contribution in [0.2, 0.25) is 0 Å². The highest BCUT2D eigenvalue weighted by molar-refractivity contribution is 5.77. The van der Waals surface area contributed by atoms with E-state index in [2.05, 4.69) is 20.3 Å². The van der Waals surface area contributed by atoms with E-state index in [1.165, 1.54) is 7.11 Å². The van der Waals surface area contributed by atoms with Gasteiger partial charge in [0.05, 0.1) is 31.7 Å². The number of imidazole rings is 1. The fourth-order valence-electron chi connectivity index (χ4n) is 4.20. The molecule has 12 nitrogen and oxygen atoms in total. The number of ether oxygens (including phenoxy) is 3. The van der Waals surface area contributed by atoms with E-state index >= 15 is 0 Å². The minimum Gasteiger partial charge on any atom is -0.454 e. The number of nitrogens with zero attached hydrogens (tertiary/aromatic N) is 5. The number of amides is 2. The topological polar surface area (TPSA) is 126 Å². The summed E-state index contributed by atoms with van der Waals surface area (Å²) in [4.78, 5) is 40.7. The molecule has 35 heavy (non-hydrogen) atoms. The Morgan fingerprint density at radius 2 is 2.14 bits per heavy atom. The highest BCUT2D eigenvalue weighted by Gasteiger charge is 2.33. The number of piperazine rings is 1. The van der Waals surface area contributed by atoms with Crippen LogP contribution in [0.15, 0.2) is 49.2 Å². The lowest BCUT2D eigenvalue weighted by molar-refractivity contribution is -0.602. The Morgan fingerprint density at radius 1 is 1.26 bits per heavy atom. The van der Waals surface area contributed by atoms with E-state index in [0.29, 0.717) is 49.4 Å². The highest BCUT2D eigenvalue weighted by atomic mass is 16.7. The highest BCUT2D eigenvalue weighted by Crippen LogP contribution is 2.32. The van der Waals surface area contributed by atoms with Crippen molar-refractivity contribution >= 4 is 17.8 Å². The minimum absolute atomic E-state index is 0.140. The van der Waals surface area contributed by atoms with Crippen molar-refractivity contribution in [3.05, 3.63) is 54.7 Å². The predicted molar refractivity (Wildman–Crippen MR) is 122 cm³/mol. The zero-order valence-electron chi connectivity index (χ0n) is 19.2. The molecular weight excluding hydrogens is 454 g/mol. The summed E-state index contributed by atoms with van der Waals surface area (Å²) in [5.41, 5.74) is 0.906. The second-order valence-electron chi connectivity index (χ2n) is 8.17. The van der Waals surface area contributed by atoms with Crippen molar-refractivity contribution in [2.75, 3.05) is 38.4 Å². The summed E-state index contributed by atoms with van der Waals surface area (Å²) in [6.07, 6.45) is 6.78. The molecule has 3 aromatic rings. The third-order valence-electron chi connectivity index (χ3n) is 5.96. The lowest BCUT2D eigenvalue weighted by atomic mass is 10.1. The van der Waals surface area contributed by atoms with Crippen LogP contribution in [0.5, 0.6) is 11.5 Å². The minimum atomic E-state index is -0.415. The first-order valence-electron chi connectivity index (χ1n) is 11.2. The van der Waals surface area contributed by atoms with Crippen molar-refractivity contribution in [3.63, 3.8) is 0 Å². The van der Waals surface area contributed by atoms with Crippen molar-refractivity contribution in [3.8, 4) is 17.4 Å². The maximum Gasteiger partial charge on any atom is 0.409 e. The first-order valence-corrected chi connectivity index (χ1v) is 11.2. The SMILES string of the molecule is COC(=O)N1CCN(c2ccnc(-[n+]3cc[nH]c3)n2)[C@@H](CC(=O)NCc2ccc3c(c2)OCO3)C1. The standard InChI is InChI=1S/C23H25N7O5/c1-33-23(32)28-8-9-30(20-4-5-25-22(27-20)29-7-6-24-14-29)17(13-28)11-21(31)26-12-16-2-3-18-19(10-16)35-15-34-18/h2-7,10,14,17H,8-9,11-13,15H2,1H3,(H,26,31)/p+1/t17-/m0/s1. The van der Waals surface area contributed by atoms with Crippen LogP contribution in [0.4, 0.5) is 10.6 Å². The summed E-state index contributed by atoms with van der Waals surface area (Å²) in [6.45, 7) is 1.85. The number of benzene rings is 1. The van der Waals surface area contributed by atoms with Gasteiger partial charge in [-0.3, -0.25) is 9.78 Å². The fraction of sp³-hybridized carbons (Fsp3) is 0.348. The summed E-state index contributed by atoms with van der Waals surface area (Å²) in [6, 6.07) is 7.09. The average Bonchev–Trinajstić information content (AvgIpc) is 3.59. The number of rotatable bonds is 6. The van der Waals surface area contributed by atoms with Gasteiger partial charge in [-0.25, -0.2) is 4.79 Å². The number of aromatic amines is 1. The van der Waals surface area contributed by atoms with Gasteiger partial charge in [0, 0.05) is 38.7 Å². The number of hydrogen-bond acceptors (Lipinski definition) is 8. The van der Waals surface area contributed by atoms with E-state index in [1.807, 2.05) is 35.4 Å². The average molecular weight is 481 g/mol. The second-order valence-corrected chi connectivity index (χ2v) is 8.17. The summed E-state index contributed by atoms with van der Waals surface area (Å²) in [7, 11) is 1.35. The van der Waals surface area contributed by atoms with E-state index < -0.39 is 6.09 Å². The lowest BCUT2D eigenvalue weighted by Gasteiger charge is -2.40. The Kier molecular flexibility index (Phi) is 6.33. The Bertz CT molecular complexity index is 1200. The molecule has 182 valence electrons. The number of carbonyl (C=O) groups excluding carboxylic acids is 2. The quantitative estimate of drug-likeness (QED) is 0.496. The molecule has 1 aromatic carbocycles. The first-order chi connectivity index (χ1) is 17.1. The molecular formula is C23H26N7O5+.